The van der Waals surface area contributed by atoms with E-state index in [0.717, 1.165) is 31.2 Å². The van der Waals surface area contributed by atoms with Gasteiger partial charge in [0.1, 0.15) is 0 Å². The minimum atomic E-state index is 0.362. The molecule has 1 heterocycles. The molecule has 1 fully saturated rings. The largest absolute Gasteiger partial charge is 0.380 e. The quantitative estimate of drug-likeness (QED) is 0.567. The van der Waals surface area contributed by atoms with Crippen LogP contribution >= 0.6 is 12.2 Å². The summed E-state index contributed by atoms with van der Waals surface area (Å²) >= 11 is 5.29. The van der Waals surface area contributed by atoms with Crippen LogP contribution < -0.4 is 5.32 Å². The summed E-state index contributed by atoms with van der Waals surface area (Å²) in [5.41, 5.74) is 0. The van der Waals surface area contributed by atoms with E-state index in [0.29, 0.717) is 6.10 Å². The third-order valence-electron chi connectivity index (χ3n) is 2.57. The summed E-state index contributed by atoms with van der Waals surface area (Å²) < 4.78 is 5.29. The van der Waals surface area contributed by atoms with Gasteiger partial charge in [0.2, 0.25) is 0 Å². The fourth-order valence-corrected chi connectivity index (χ4v) is 1.86. The highest BCUT2D eigenvalue weighted by atomic mass is 32.1. The van der Waals surface area contributed by atoms with Gasteiger partial charge in [-0.1, -0.05) is 13.3 Å². The van der Waals surface area contributed by atoms with Crippen LogP contribution in [0, 0.1) is 0 Å². The van der Waals surface area contributed by atoms with Crippen molar-refractivity contribution in [2.24, 2.45) is 0 Å². The maximum Gasteiger partial charge on any atom is 0.169 e. The number of unbranched alkanes of at least 4 members (excludes halogenated alkanes) is 1. The van der Waals surface area contributed by atoms with Gasteiger partial charge in [0.25, 0.3) is 0 Å². The predicted molar refractivity (Wildman–Crippen MR) is 62.5 cm³/mol. The Morgan fingerprint density at radius 3 is 3.00 bits per heavy atom. The number of thiocarbonyl (C=S) groups is 1. The molecule has 0 bridgehead atoms. The van der Waals surface area contributed by atoms with Gasteiger partial charge in [0, 0.05) is 26.7 Å². The second kappa shape index (κ2) is 6.19. The molecule has 1 unspecified atom stereocenters. The van der Waals surface area contributed by atoms with E-state index in [1.165, 1.54) is 12.8 Å². The Kier molecular flexibility index (Phi) is 5.19. The van der Waals surface area contributed by atoms with Crippen LogP contribution in [-0.4, -0.2) is 42.9 Å². The molecule has 1 rings (SSSR count). The first kappa shape index (κ1) is 11.7. The minimum Gasteiger partial charge on any atom is -0.380 e. The van der Waals surface area contributed by atoms with E-state index >= 15 is 0 Å². The van der Waals surface area contributed by atoms with Crippen LogP contribution in [0.5, 0.6) is 0 Å². The standard InChI is InChI=1S/C10H20N2OS/c1-3-4-6-11-10(14)12-7-5-9(8-12)13-2/h9H,3-8H2,1-2H3,(H,11,14). The van der Waals surface area contributed by atoms with Crippen molar-refractivity contribution in [3.05, 3.63) is 0 Å². The van der Waals surface area contributed by atoms with Crippen LogP contribution in [0.15, 0.2) is 0 Å². The maximum absolute atomic E-state index is 5.29. The molecular formula is C10H20N2OS. The lowest BCUT2D eigenvalue weighted by molar-refractivity contribution is 0.114. The van der Waals surface area contributed by atoms with Crippen LogP contribution in [0.3, 0.4) is 0 Å². The molecule has 1 N–H and O–H groups in total. The Labute approximate surface area is 91.8 Å². The zero-order valence-corrected chi connectivity index (χ0v) is 9.90. The molecule has 3 nitrogen and oxygen atoms in total. The van der Waals surface area contributed by atoms with Crippen molar-refractivity contribution < 1.29 is 4.74 Å². The van der Waals surface area contributed by atoms with Crippen molar-refractivity contribution in [2.45, 2.75) is 32.3 Å². The molecule has 0 aliphatic carbocycles. The van der Waals surface area contributed by atoms with E-state index in [4.69, 9.17) is 17.0 Å². The number of likely N-dealkylation sites (tertiary alicyclic amines) is 1. The third-order valence-corrected chi connectivity index (χ3v) is 2.97. The summed E-state index contributed by atoms with van der Waals surface area (Å²) in [6, 6.07) is 0. The molecule has 0 amide bonds. The minimum absolute atomic E-state index is 0.362. The van der Waals surface area contributed by atoms with Crippen LogP contribution in [0.2, 0.25) is 0 Å². The third kappa shape index (κ3) is 3.42. The second-order valence-electron chi connectivity index (χ2n) is 3.68. The van der Waals surface area contributed by atoms with Crippen LogP contribution in [0.1, 0.15) is 26.2 Å². The topological polar surface area (TPSA) is 24.5 Å². The van der Waals surface area contributed by atoms with Crippen molar-refractivity contribution >= 4 is 17.3 Å². The molecule has 82 valence electrons. The Bertz CT molecular complexity index is 187. The monoisotopic (exact) mass is 216 g/mol. The summed E-state index contributed by atoms with van der Waals surface area (Å²) in [4.78, 5) is 2.19. The molecular weight excluding hydrogens is 196 g/mol. The molecule has 1 saturated heterocycles. The Balaban J connectivity index is 2.18. The van der Waals surface area contributed by atoms with Crippen molar-refractivity contribution in [3.8, 4) is 0 Å². The number of methoxy groups -OCH3 is 1. The SMILES string of the molecule is CCCCNC(=S)N1CCC(OC)C1. The molecule has 4 heteroatoms. The predicted octanol–water partition coefficient (Wildman–Crippen LogP) is 1.38. The van der Waals surface area contributed by atoms with Gasteiger partial charge in [0.15, 0.2) is 5.11 Å². The van der Waals surface area contributed by atoms with E-state index in [-0.39, 0.29) is 0 Å². The van der Waals surface area contributed by atoms with E-state index in [2.05, 4.69) is 17.1 Å². The Hall–Kier alpha value is -0.350. The zero-order chi connectivity index (χ0) is 10.4. The van der Waals surface area contributed by atoms with Crippen molar-refractivity contribution in [2.75, 3.05) is 26.7 Å². The summed E-state index contributed by atoms with van der Waals surface area (Å²) in [5, 5.41) is 4.16. The lowest BCUT2D eigenvalue weighted by Crippen LogP contribution is -2.39. The van der Waals surface area contributed by atoms with Gasteiger partial charge in [-0.3, -0.25) is 0 Å². The lowest BCUT2D eigenvalue weighted by Gasteiger charge is -2.20. The highest BCUT2D eigenvalue weighted by molar-refractivity contribution is 7.80. The number of nitrogens with one attached hydrogen (secondary N) is 1. The molecule has 0 aromatic carbocycles. The van der Waals surface area contributed by atoms with Crippen LogP contribution in [0.4, 0.5) is 0 Å². The summed E-state index contributed by atoms with van der Waals surface area (Å²) in [7, 11) is 1.77. The zero-order valence-electron chi connectivity index (χ0n) is 9.08. The molecule has 0 aromatic heterocycles. The highest BCUT2D eigenvalue weighted by Crippen LogP contribution is 2.11. The van der Waals surface area contributed by atoms with E-state index < -0.39 is 0 Å². The number of rotatable bonds is 4. The average Bonchev–Trinajstić information content (AvgIpc) is 2.66. The van der Waals surface area contributed by atoms with Gasteiger partial charge in [-0.2, -0.15) is 0 Å². The van der Waals surface area contributed by atoms with Gasteiger partial charge >= 0.3 is 0 Å². The molecule has 1 atom stereocenters. The molecule has 0 saturated carbocycles. The van der Waals surface area contributed by atoms with Gasteiger partial charge in [-0.25, -0.2) is 0 Å². The van der Waals surface area contributed by atoms with Gasteiger partial charge in [-0.05, 0) is 25.1 Å². The number of hydrogen-bond acceptors (Lipinski definition) is 2. The molecule has 1 aliphatic rings. The fourth-order valence-electron chi connectivity index (χ4n) is 1.59. The van der Waals surface area contributed by atoms with Crippen LogP contribution in [-0.2, 0) is 4.74 Å². The summed E-state index contributed by atoms with van der Waals surface area (Å²) in [6.45, 7) is 5.13. The number of ether oxygens (including phenoxy) is 1. The maximum atomic E-state index is 5.29. The normalized spacial score (nSPS) is 21.3. The first-order valence-corrected chi connectivity index (χ1v) is 5.74. The molecule has 1 aliphatic heterocycles. The fraction of sp³-hybridized carbons (Fsp3) is 0.900. The van der Waals surface area contributed by atoms with E-state index in [1.54, 1.807) is 7.11 Å². The summed E-state index contributed by atoms with van der Waals surface area (Å²) in [6.07, 6.45) is 3.84. The molecule has 0 aromatic rings. The van der Waals surface area contributed by atoms with Gasteiger partial charge in [0.05, 0.1) is 6.10 Å². The van der Waals surface area contributed by atoms with E-state index in [1.807, 2.05) is 0 Å². The second-order valence-corrected chi connectivity index (χ2v) is 4.06. The number of nitrogens with zero attached hydrogens (tertiary/aromatic N) is 1. The average molecular weight is 216 g/mol. The van der Waals surface area contributed by atoms with E-state index in [9.17, 15) is 0 Å². The van der Waals surface area contributed by atoms with Gasteiger partial charge in [-0.15, -0.1) is 0 Å². The Morgan fingerprint density at radius 1 is 1.64 bits per heavy atom. The van der Waals surface area contributed by atoms with Crippen molar-refractivity contribution in [1.29, 1.82) is 0 Å². The molecule has 0 spiro atoms. The van der Waals surface area contributed by atoms with Crippen molar-refractivity contribution in [3.63, 3.8) is 0 Å². The molecule has 14 heavy (non-hydrogen) atoms. The number of hydrogen-bond donors (Lipinski definition) is 1. The molecule has 0 radical (unpaired) electrons. The lowest BCUT2D eigenvalue weighted by atomic mass is 10.3. The van der Waals surface area contributed by atoms with Crippen molar-refractivity contribution in [1.82, 2.24) is 10.2 Å². The smallest absolute Gasteiger partial charge is 0.169 e. The van der Waals surface area contributed by atoms with Crippen LogP contribution in [0.25, 0.3) is 0 Å². The first-order chi connectivity index (χ1) is 6.77. The summed E-state index contributed by atoms with van der Waals surface area (Å²) in [5.74, 6) is 0. The first-order valence-electron chi connectivity index (χ1n) is 5.33. The highest BCUT2D eigenvalue weighted by Gasteiger charge is 2.23. The Morgan fingerprint density at radius 2 is 2.43 bits per heavy atom. The van der Waals surface area contributed by atoms with Gasteiger partial charge < -0.3 is 15.0 Å².